The van der Waals surface area contributed by atoms with Gasteiger partial charge < -0.3 is 9.64 Å². The van der Waals surface area contributed by atoms with Gasteiger partial charge in [-0.15, -0.1) is 11.8 Å². The summed E-state index contributed by atoms with van der Waals surface area (Å²) >= 11 is 8.14. The summed E-state index contributed by atoms with van der Waals surface area (Å²) in [6.45, 7) is 1.36. The van der Waals surface area contributed by atoms with Crippen LogP contribution in [-0.2, 0) is 0 Å². The second-order valence-corrected chi connectivity index (χ2v) is 8.08. The van der Waals surface area contributed by atoms with E-state index in [-0.39, 0.29) is 12.1 Å². The monoisotopic (exact) mass is 401 g/mol. The number of halogens is 1. The van der Waals surface area contributed by atoms with Gasteiger partial charge in [0.15, 0.2) is 5.75 Å². The van der Waals surface area contributed by atoms with E-state index in [1.807, 2.05) is 30.0 Å². The molecule has 4 rings (SSSR count). The Labute approximate surface area is 167 Å². The molecule has 2 aliphatic heterocycles. The number of hydrogen-bond acceptors (Lipinski definition) is 5. The van der Waals surface area contributed by atoms with Crippen molar-refractivity contribution in [2.75, 3.05) is 18.8 Å². The van der Waals surface area contributed by atoms with Crippen LogP contribution >= 0.6 is 23.4 Å². The number of amides is 1. The highest BCUT2D eigenvalue weighted by atomic mass is 35.5. The van der Waals surface area contributed by atoms with Crippen LogP contribution in [0, 0.1) is 5.92 Å². The number of aliphatic imine (C=N–C) groups is 1. The van der Waals surface area contributed by atoms with Gasteiger partial charge in [-0.05, 0) is 36.6 Å². The molecule has 3 heterocycles. The number of thioether (sulfide) groups is 1. The lowest BCUT2D eigenvalue weighted by Gasteiger charge is -2.31. The predicted octanol–water partition coefficient (Wildman–Crippen LogP) is 4.83. The Hall–Kier alpha value is -2.05. The number of hydrogen-bond donors (Lipinski definition) is 0. The average molecular weight is 402 g/mol. The van der Waals surface area contributed by atoms with E-state index in [4.69, 9.17) is 21.3 Å². The van der Waals surface area contributed by atoms with Gasteiger partial charge in [0.25, 0.3) is 0 Å². The number of carbonyl (C=O) groups excluding carboxylic acids is 1. The summed E-state index contributed by atoms with van der Waals surface area (Å²) < 4.78 is 5.38. The van der Waals surface area contributed by atoms with E-state index in [9.17, 15) is 4.79 Å². The van der Waals surface area contributed by atoms with Gasteiger partial charge in [0, 0.05) is 36.0 Å². The van der Waals surface area contributed by atoms with Crippen molar-refractivity contribution in [1.29, 1.82) is 0 Å². The lowest BCUT2D eigenvalue weighted by atomic mass is 9.98. The van der Waals surface area contributed by atoms with Crippen LogP contribution in [0.5, 0.6) is 5.75 Å². The van der Waals surface area contributed by atoms with Gasteiger partial charge >= 0.3 is 6.09 Å². The van der Waals surface area contributed by atoms with Crippen LogP contribution in [0.25, 0.3) is 0 Å². The number of rotatable bonds is 3. The molecule has 0 spiro atoms. The third kappa shape index (κ3) is 4.28. The van der Waals surface area contributed by atoms with Gasteiger partial charge in [-0.1, -0.05) is 29.8 Å². The molecular formula is C20H20ClN3O2S. The molecule has 2 aliphatic rings. The summed E-state index contributed by atoms with van der Waals surface area (Å²) in [5.74, 6) is 1.82. The van der Waals surface area contributed by atoms with Crippen LogP contribution < -0.4 is 4.74 Å². The van der Waals surface area contributed by atoms with Crippen LogP contribution in [0.15, 0.2) is 53.8 Å². The summed E-state index contributed by atoms with van der Waals surface area (Å²) in [6, 6.07) is 11.5. The molecule has 0 aliphatic carbocycles. The maximum Gasteiger partial charge on any atom is 0.415 e. The third-order valence-electron chi connectivity index (χ3n) is 4.88. The molecule has 7 heteroatoms. The average Bonchev–Trinajstić information content (AvgIpc) is 3.19. The van der Waals surface area contributed by atoms with Crippen LogP contribution in [0.2, 0.25) is 5.02 Å². The van der Waals surface area contributed by atoms with Crippen LogP contribution in [-0.4, -0.2) is 39.9 Å². The predicted molar refractivity (Wildman–Crippen MR) is 109 cm³/mol. The Kier molecular flexibility index (Phi) is 5.64. The first-order chi connectivity index (χ1) is 13.2. The second kappa shape index (κ2) is 8.31. The second-order valence-electron chi connectivity index (χ2n) is 6.63. The highest BCUT2D eigenvalue weighted by Crippen LogP contribution is 2.38. The van der Waals surface area contributed by atoms with Crippen LogP contribution in [0.4, 0.5) is 4.79 Å². The zero-order valence-electron chi connectivity index (χ0n) is 14.8. The summed E-state index contributed by atoms with van der Waals surface area (Å²) in [7, 11) is 0. The standard InChI is InChI=1S/C20H20ClN3O2S/c21-17-6-2-1-5-16(17)18-13-27-19(23-18)14-7-10-24(11-8-14)20(25)26-15-4-3-9-22-12-15/h1-6,9,12,14,18H,7-8,10-11,13H2. The summed E-state index contributed by atoms with van der Waals surface area (Å²) in [5.41, 5.74) is 1.10. The van der Waals surface area contributed by atoms with Crippen molar-refractivity contribution in [3.05, 3.63) is 59.4 Å². The molecule has 1 aromatic carbocycles. The molecule has 0 bridgehead atoms. The molecule has 5 nitrogen and oxygen atoms in total. The fourth-order valence-corrected chi connectivity index (χ4v) is 4.92. The number of piperidine rings is 1. The Balaban J connectivity index is 1.33. The number of ether oxygens (including phenoxy) is 1. The lowest BCUT2D eigenvalue weighted by Crippen LogP contribution is -2.41. The molecular weight excluding hydrogens is 382 g/mol. The molecule has 0 radical (unpaired) electrons. The lowest BCUT2D eigenvalue weighted by molar-refractivity contribution is 0.138. The zero-order valence-corrected chi connectivity index (χ0v) is 16.3. The SMILES string of the molecule is O=C(Oc1cccnc1)N1CCC(C2=NC(c3ccccc3Cl)CS2)CC1. The molecule has 140 valence electrons. The molecule has 2 aromatic rings. The smallest absolute Gasteiger partial charge is 0.409 e. The minimum atomic E-state index is -0.309. The maximum absolute atomic E-state index is 12.3. The van der Waals surface area contributed by atoms with Crippen molar-refractivity contribution in [2.45, 2.75) is 18.9 Å². The topological polar surface area (TPSA) is 54.8 Å². The van der Waals surface area contributed by atoms with Crippen molar-refractivity contribution in [1.82, 2.24) is 9.88 Å². The minimum absolute atomic E-state index is 0.132. The molecule has 1 fully saturated rings. The first-order valence-electron chi connectivity index (χ1n) is 9.02. The Morgan fingerprint density at radius 1 is 1.19 bits per heavy atom. The van der Waals surface area contributed by atoms with Gasteiger partial charge in [0.05, 0.1) is 17.3 Å². The number of aromatic nitrogens is 1. The van der Waals surface area contributed by atoms with E-state index in [1.165, 1.54) is 5.04 Å². The number of benzene rings is 1. The van der Waals surface area contributed by atoms with Gasteiger partial charge in [0.1, 0.15) is 0 Å². The number of pyridine rings is 1. The maximum atomic E-state index is 12.3. The third-order valence-corrected chi connectivity index (χ3v) is 6.44. The Morgan fingerprint density at radius 3 is 2.74 bits per heavy atom. The van der Waals surface area contributed by atoms with Crippen LogP contribution in [0.3, 0.4) is 0 Å². The van der Waals surface area contributed by atoms with E-state index in [2.05, 4.69) is 11.1 Å². The van der Waals surface area contributed by atoms with Crippen molar-refractivity contribution in [2.24, 2.45) is 10.9 Å². The van der Waals surface area contributed by atoms with Crippen molar-refractivity contribution >= 4 is 34.5 Å². The molecule has 27 heavy (non-hydrogen) atoms. The Morgan fingerprint density at radius 2 is 2.00 bits per heavy atom. The fraction of sp³-hybridized carbons (Fsp3) is 0.350. The van der Waals surface area contributed by atoms with Crippen LogP contribution in [0.1, 0.15) is 24.4 Å². The molecule has 1 atom stereocenters. The van der Waals surface area contributed by atoms with Crippen molar-refractivity contribution in [3.63, 3.8) is 0 Å². The summed E-state index contributed by atoms with van der Waals surface area (Å²) in [5, 5.41) is 1.97. The van der Waals surface area contributed by atoms with Gasteiger partial charge in [-0.3, -0.25) is 9.98 Å². The van der Waals surface area contributed by atoms with Crippen molar-refractivity contribution < 1.29 is 9.53 Å². The molecule has 1 amide bonds. The molecule has 0 saturated carbocycles. The van der Waals surface area contributed by atoms with Gasteiger partial charge in [0.2, 0.25) is 0 Å². The minimum Gasteiger partial charge on any atom is -0.409 e. The highest BCUT2D eigenvalue weighted by Gasteiger charge is 2.31. The van der Waals surface area contributed by atoms with E-state index >= 15 is 0 Å². The summed E-state index contributed by atoms with van der Waals surface area (Å²) in [6.07, 6.45) is 4.70. The van der Waals surface area contributed by atoms with E-state index < -0.39 is 0 Å². The molecule has 0 N–H and O–H groups in total. The normalized spacial score (nSPS) is 20.4. The number of likely N-dealkylation sites (tertiary alicyclic amines) is 1. The van der Waals surface area contributed by atoms with Gasteiger partial charge in [-0.25, -0.2) is 4.79 Å². The number of carbonyl (C=O) groups is 1. The first-order valence-corrected chi connectivity index (χ1v) is 10.4. The zero-order chi connectivity index (χ0) is 18.6. The first kappa shape index (κ1) is 18.3. The molecule has 1 saturated heterocycles. The molecule has 1 unspecified atom stereocenters. The van der Waals surface area contributed by atoms with E-state index in [1.54, 1.807) is 29.4 Å². The molecule has 1 aromatic heterocycles. The van der Waals surface area contributed by atoms with E-state index in [0.717, 1.165) is 29.2 Å². The number of nitrogens with zero attached hydrogens (tertiary/aromatic N) is 3. The van der Waals surface area contributed by atoms with Gasteiger partial charge in [-0.2, -0.15) is 0 Å². The summed E-state index contributed by atoms with van der Waals surface area (Å²) in [4.78, 5) is 22.9. The largest absolute Gasteiger partial charge is 0.415 e. The fourth-order valence-electron chi connectivity index (χ4n) is 3.40. The van der Waals surface area contributed by atoms with E-state index in [0.29, 0.717) is 24.8 Å². The quantitative estimate of drug-likeness (QED) is 0.738. The Bertz CT molecular complexity index is 838. The highest BCUT2D eigenvalue weighted by molar-refractivity contribution is 8.14. The van der Waals surface area contributed by atoms with Crippen molar-refractivity contribution in [3.8, 4) is 5.75 Å².